The summed E-state index contributed by atoms with van der Waals surface area (Å²) in [6, 6.07) is 89.1. The highest BCUT2D eigenvalue weighted by atomic mass is 15.0. The zero-order valence-electron chi connectivity index (χ0n) is 35.5. The molecule has 0 saturated heterocycles. The van der Waals surface area contributed by atoms with Crippen molar-refractivity contribution in [2.45, 2.75) is 0 Å². The van der Waals surface area contributed by atoms with Gasteiger partial charge in [-0.2, -0.15) is 0 Å². The van der Waals surface area contributed by atoms with E-state index in [2.05, 4.69) is 241 Å². The lowest BCUT2D eigenvalue weighted by Crippen LogP contribution is -2.00. The third-order valence-corrected chi connectivity index (χ3v) is 12.6. The summed E-state index contributed by atoms with van der Waals surface area (Å²) in [6.07, 6.45) is 0. The van der Waals surface area contributed by atoms with Gasteiger partial charge in [-0.3, -0.25) is 0 Å². The Morgan fingerprint density at radius 2 is 0.738 bits per heavy atom. The van der Waals surface area contributed by atoms with Crippen LogP contribution >= 0.6 is 0 Å². The molecule has 10 aromatic carbocycles. The third kappa shape index (κ3) is 6.70. The minimum Gasteiger partial charge on any atom is -0.309 e. The van der Waals surface area contributed by atoms with Crippen molar-refractivity contribution < 1.29 is 0 Å². The van der Waals surface area contributed by atoms with E-state index in [0.717, 1.165) is 55.6 Å². The number of para-hydroxylation sites is 2. The average molecular weight is 828 g/mol. The van der Waals surface area contributed by atoms with Crippen molar-refractivity contribution in [3.63, 3.8) is 0 Å². The monoisotopic (exact) mass is 827 g/mol. The average Bonchev–Trinajstić information content (AvgIpc) is 3.73. The van der Waals surface area contributed by atoms with Crippen LogP contribution < -0.4 is 0 Å². The minimum atomic E-state index is 0.707. The molecule has 3 nitrogen and oxygen atoms in total. The molecular weight excluding hydrogens is 787 g/mol. The highest BCUT2D eigenvalue weighted by molar-refractivity contribution is 6.26. The molecule has 0 spiro atoms. The molecular formula is C62H41N3. The first kappa shape index (κ1) is 38.0. The predicted octanol–water partition coefficient (Wildman–Crippen LogP) is 16.4. The van der Waals surface area contributed by atoms with Gasteiger partial charge in [-0.05, 0) is 69.3 Å². The van der Waals surface area contributed by atoms with Crippen LogP contribution in [0.15, 0.2) is 249 Å². The van der Waals surface area contributed by atoms with Gasteiger partial charge in [0.1, 0.15) is 0 Å². The number of hydrogen-bond acceptors (Lipinski definition) is 2. The molecule has 0 amide bonds. The molecule has 0 N–H and O–H groups in total. The molecule has 2 aromatic heterocycles. The third-order valence-electron chi connectivity index (χ3n) is 12.6. The van der Waals surface area contributed by atoms with E-state index >= 15 is 0 Å². The van der Waals surface area contributed by atoms with Crippen LogP contribution in [0.4, 0.5) is 0 Å². The van der Waals surface area contributed by atoms with E-state index < -0.39 is 0 Å². The predicted molar refractivity (Wildman–Crippen MR) is 272 cm³/mol. The van der Waals surface area contributed by atoms with Crippen molar-refractivity contribution in [1.29, 1.82) is 0 Å². The smallest absolute Gasteiger partial charge is 0.160 e. The van der Waals surface area contributed by atoms with E-state index in [9.17, 15) is 0 Å². The highest BCUT2D eigenvalue weighted by Crippen LogP contribution is 2.54. The molecule has 12 aromatic rings. The van der Waals surface area contributed by atoms with Crippen LogP contribution in [0.2, 0.25) is 0 Å². The Labute approximate surface area is 378 Å². The number of hydrogen-bond donors (Lipinski definition) is 0. The molecule has 304 valence electrons. The lowest BCUT2D eigenvalue weighted by atomic mass is 9.80. The molecule has 0 aliphatic carbocycles. The first-order chi connectivity index (χ1) is 32.3. The summed E-state index contributed by atoms with van der Waals surface area (Å²) in [5, 5.41) is 3.44. The maximum atomic E-state index is 5.17. The van der Waals surface area contributed by atoms with E-state index in [1.165, 1.54) is 55.2 Å². The fraction of sp³-hybridized carbons (Fsp3) is 0. The topological polar surface area (TPSA) is 30.7 Å². The normalized spacial score (nSPS) is 11.4. The summed E-state index contributed by atoms with van der Waals surface area (Å²) in [4.78, 5) is 10.2. The van der Waals surface area contributed by atoms with E-state index in [1.54, 1.807) is 0 Å². The standard InChI is InChI=1S/C62H41N3/c1-7-21-43(22-8-1)55-56(44-23-9-2-10-24-44)58(46-27-13-4-14-28-46)61-59(57(55)45-25-11-3-12-26-45)52-41-49(39-40-54(52)65(61)50-31-17-6-18-32-50)42-35-37-48(38-36-42)62-63-53-34-20-19-33-51(53)60(64-62)47-29-15-5-16-30-47/h1-41H. The van der Waals surface area contributed by atoms with Crippen LogP contribution in [0.1, 0.15) is 0 Å². The van der Waals surface area contributed by atoms with Crippen LogP contribution in [0.5, 0.6) is 0 Å². The molecule has 0 saturated carbocycles. The molecule has 0 fully saturated rings. The Kier molecular flexibility index (Phi) is 9.50. The Bertz CT molecular complexity index is 3640. The van der Waals surface area contributed by atoms with Crippen molar-refractivity contribution in [2.24, 2.45) is 0 Å². The van der Waals surface area contributed by atoms with E-state index in [4.69, 9.17) is 9.97 Å². The SMILES string of the molecule is c1ccc(-c2c(-c3ccccc3)c(-c3ccccc3)c3c(c2-c2ccccc2)c2cc(-c4ccc(-c5nc(-c6ccccc6)c6ccccc6n5)cc4)ccc2n3-c2ccccc2)cc1. The van der Waals surface area contributed by atoms with Gasteiger partial charge in [-0.25, -0.2) is 9.97 Å². The Morgan fingerprint density at radius 3 is 1.32 bits per heavy atom. The van der Waals surface area contributed by atoms with Crippen molar-refractivity contribution in [3.05, 3.63) is 249 Å². The van der Waals surface area contributed by atoms with Crippen LogP contribution in [-0.4, -0.2) is 14.5 Å². The van der Waals surface area contributed by atoms with Gasteiger partial charge >= 0.3 is 0 Å². The molecule has 0 bridgehead atoms. The second kappa shape index (κ2) is 16.2. The summed E-state index contributed by atoms with van der Waals surface area (Å²) < 4.78 is 2.49. The molecule has 0 unspecified atom stereocenters. The lowest BCUT2D eigenvalue weighted by Gasteiger charge is -2.24. The number of rotatable bonds is 8. The van der Waals surface area contributed by atoms with Crippen molar-refractivity contribution >= 4 is 32.7 Å². The molecule has 12 rings (SSSR count). The van der Waals surface area contributed by atoms with Crippen molar-refractivity contribution in [3.8, 4) is 84.0 Å². The molecule has 3 heteroatoms. The lowest BCUT2D eigenvalue weighted by molar-refractivity contribution is 1.18. The first-order valence-electron chi connectivity index (χ1n) is 22.2. The van der Waals surface area contributed by atoms with Crippen LogP contribution in [0.25, 0.3) is 117 Å². The molecule has 0 radical (unpaired) electrons. The summed E-state index contributed by atoms with van der Waals surface area (Å²) in [7, 11) is 0. The maximum Gasteiger partial charge on any atom is 0.160 e. The summed E-state index contributed by atoms with van der Waals surface area (Å²) in [6.45, 7) is 0. The van der Waals surface area contributed by atoms with E-state index in [-0.39, 0.29) is 0 Å². The van der Waals surface area contributed by atoms with Gasteiger partial charge < -0.3 is 4.57 Å². The van der Waals surface area contributed by atoms with Gasteiger partial charge in [0.05, 0.1) is 22.2 Å². The quantitative estimate of drug-likeness (QED) is 0.153. The minimum absolute atomic E-state index is 0.707. The largest absolute Gasteiger partial charge is 0.309 e. The van der Waals surface area contributed by atoms with Crippen LogP contribution in [-0.2, 0) is 0 Å². The second-order valence-corrected chi connectivity index (χ2v) is 16.4. The van der Waals surface area contributed by atoms with Crippen LogP contribution in [0.3, 0.4) is 0 Å². The second-order valence-electron chi connectivity index (χ2n) is 16.4. The zero-order chi connectivity index (χ0) is 43.1. The summed E-state index contributed by atoms with van der Waals surface area (Å²) >= 11 is 0. The highest BCUT2D eigenvalue weighted by Gasteiger charge is 2.29. The van der Waals surface area contributed by atoms with Crippen molar-refractivity contribution in [1.82, 2.24) is 14.5 Å². The summed E-state index contributed by atoms with van der Waals surface area (Å²) in [5.74, 6) is 0.707. The summed E-state index contributed by atoms with van der Waals surface area (Å²) in [5.41, 5.74) is 19.1. The Morgan fingerprint density at radius 1 is 0.292 bits per heavy atom. The molecule has 65 heavy (non-hydrogen) atoms. The Balaban J connectivity index is 1.16. The van der Waals surface area contributed by atoms with Gasteiger partial charge in [0, 0.05) is 49.7 Å². The number of nitrogens with zero attached hydrogens (tertiary/aromatic N) is 3. The zero-order valence-corrected chi connectivity index (χ0v) is 35.5. The fourth-order valence-electron chi connectivity index (χ4n) is 9.70. The first-order valence-corrected chi connectivity index (χ1v) is 22.2. The van der Waals surface area contributed by atoms with E-state index in [0.29, 0.717) is 5.82 Å². The maximum absolute atomic E-state index is 5.17. The van der Waals surface area contributed by atoms with Gasteiger partial charge in [-0.15, -0.1) is 0 Å². The van der Waals surface area contributed by atoms with Gasteiger partial charge in [0.15, 0.2) is 5.82 Å². The van der Waals surface area contributed by atoms with Gasteiger partial charge in [0.2, 0.25) is 0 Å². The van der Waals surface area contributed by atoms with Crippen molar-refractivity contribution in [2.75, 3.05) is 0 Å². The Hall–Kier alpha value is -8.66. The molecule has 2 heterocycles. The number of aromatic nitrogens is 3. The fourth-order valence-corrected chi connectivity index (χ4v) is 9.70. The van der Waals surface area contributed by atoms with Crippen LogP contribution in [0, 0.1) is 0 Å². The molecule has 0 aliphatic heterocycles. The van der Waals surface area contributed by atoms with Gasteiger partial charge in [0.25, 0.3) is 0 Å². The molecule has 0 aliphatic rings. The number of benzene rings is 10. The van der Waals surface area contributed by atoms with Gasteiger partial charge in [-0.1, -0.05) is 218 Å². The molecule has 0 atom stereocenters. The number of fused-ring (bicyclic) bond motifs is 4. The van der Waals surface area contributed by atoms with E-state index in [1.807, 2.05) is 12.1 Å².